The summed E-state index contributed by atoms with van der Waals surface area (Å²) < 4.78 is 34.3. The normalized spacial score (nSPS) is 18.6. The number of likely N-dealkylation sites (N-methyl/N-ethyl adjacent to an activating group) is 1. The molecular weight excluding hydrogens is 322 g/mol. The molecule has 3 heterocycles. The molecule has 24 heavy (non-hydrogen) atoms. The van der Waals surface area contributed by atoms with Gasteiger partial charge in [0.05, 0.1) is 12.4 Å². The lowest BCUT2D eigenvalue weighted by Gasteiger charge is -2.29. The third kappa shape index (κ3) is 4.51. The molecule has 0 radical (unpaired) electrons. The van der Waals surface area contributed by atoms with Gasteiger partial charge in [0.1, 0.15) is 6.10 Å². The Balaban J connectivity index is 1.61. The Labute approximate surface area is 137 Å². The highest BCUT2D eigenvalue weighted by Gasteiger charge is 2.19. The van der Waals surface area contributed by atoms with Gasteiger partial charge in [0.25, 0.3) is 0 Å². The molecule has 0 aromatic carbocycles. The Morgan fingerprint density at radius 1 is 1.38 bits per heavy atom. The Bertz CT molecular complexity index is 668. The molecule has 2 aromatic rings. The van der Waals surface area contributed by atoms with Crippen molar-refractivity contribution >= 4 is 11.6 Å². The van der Waals surface area contributed by atoms with Crippen molar-refractivity contribution in [2.75, 3.05) is 25.5 Å². The van der Waals surface area contributed by atoms with E-state index in [0.29, 0.717) is 11.7 Å². The van der Waals surface area contributed by atoms with E-state index < -0.39 is 6.61 Å². The lowest BCUT2D eigenvalue weighted by atomic mass is 10.1. The van der Waals surface area contributed by atoms with Crippen molar-refractivity contribution in [2.24, 2.45) is 0 Å². The van der Waals surface area contributed by atoms with Gasteiger partial charge in [-0.05, 0) is 26.4 Å². The minimum absolute atomic E-state index is 0.0738. The summed E-state index contributed by atoms with van der Waals surface area (Å²) in [5.74, 6) is 0.944. The molecule has 1 aliphatic rings. The van der Waals surface area contributed by atoms with Crippen molar-refractivity contribution in [1.82, 2.24) is 25.1 Å². The number of likely N-dealkylation sites (tertiary alicyclic amines) is 1. The second-order valence-corrected chi connectivity index (χ2v) is 5.51. The predicted molar refractivity (Wildman–Crippen MR) is 81.7 cm³/mol. The number of alkyl halides is 2. The van der Waals surface area contributed by atoms with Gasteiger partial charge in [0, 0.05) is 12.6 Å². The van der Waals surface area contributed by atoms with Crippen LogP contribution in [0.15, 0.2) is 18.5 Å². The van der Waals surface area contributed by atoms with Gasteiger partial charge >= 0.3 is 6.61 Å². The zero-order valence-electron chi connectivity index (χ0n) is 13.1. The maximum Gasteiger partial charge on any atom is 0.388 e. The van der Waals surface area contributed by atoms with Crippen LogP contribution in [0.1, 0.15) is 12.8 Å². The molecular formula is C14H18F2N6O2. The number of rotatable bonds is 6. The highest BCUT2D eigenvalue weighted by atomic mass is 19.3. The van der Waals surface area contributed by atoms with Crippen LogP contribution >= 0.6 is 0 Å². The summed E-state index contributed by atoms with van der Waals surface area (Å²) in [6.07, 6.45) is 5.15. The van der Waals surface area contributed by atoms with E-state index >= 15 is 0 Å². The Morgan fingerprint density at radius 3 is 3.04 bits per heavy atom. The number of aromatic amines is 1. The van der Waals surface area contributed by atoms with Gasteiger partial charge in [-0.15, -0.1) is 0 Å². The lowest BCUT2D eigenvalue weighted by Crippen LogP contribution is -2.38. The molecule has 0 aliphatic carbocycles. The molecule has 0 saturated carbocycles. The topological polar surface area (TPSA) is 88.2 Å². The molecule has 1 saturated heterocycles. The summed E-state index contributed by atoms with van der Waals surface area (Å²) in [6, 6.07) is 1.30. The van der Waals surface area contributed by atoms with Crippen molar-refractivity contribution in [2.45, 2.75) is 25.6 Å². The summed E-state index contributed by atoms with van der Waals surface area (Å²) in [7, 11) is 2.05. The monoisotopic (exact) mass is 340 g/mol. The Hall–Kier alpha value is -2.49. The number of nitrogens with one attached hydrogen (secondary N) is 2. The maximum atomic E-state index is 12.1. The maximum absolute atomic E-state index is 12.1. The van der Waals surface area contributed by atoms with Crippen LogP contribution in [0, 0.1) is 0 Å². The van der Waals surface area contributed by atoms with Crippen LogP contribution in [0.25, 0.3) is 0 Å². The van der Waals surface area contributed by atoms with Crippen molar-refractivity contribution in [1.29, 1.82) is 0 Å². The van der Waals surface area contributed by atoms with Crippen molar-refractivity contribution in [3.05, 3.63) is 18.5 Å². The van der Waals surface area contributed by atoms with E-state index in [0.717, 1.165) is 25.9 Å². The van der Waals surface area contributed by atoms with Crippen LogP contribution in [0.5, 0.6) is 11.8 Å². The molecule has 0 bridgehead atoms. The zero-order chi connectivity index (χ0) is 16.9. The number of hydrogen-bond donors (Lipinski definition) is 2. The molecule has 8 nitrogen and oxygen atoms in total. The van der Waals surface area contributed by atoms with Crippen LogP contribution in [-0.2, 0) is 0 Å². The molecule has 0 spiro atoms. The molecule has 0 amide bonds. The Morgan fingerprint density at radius 2 is 2.25 bits per heavy atom. The third-order valence-corrected chi connectivity index (χ3v) is 3.51. The summed E-state index contributed by atoms with van der Waals surface area (Å²) in [4.78, 5) is 10.6. The predicted octanol–water partition coefficient (Wildman–Crippen LogP) is 2.02. The first-order valence-corrected chi connectivity index (χ1v) is 7.53. The molecule has 2 aromatic heterocycles. The van der Waals surface area contributed by atoms with Gasteiger partial charge in [-0.25, -0.2) is 5.10 Å². The van der Waals surface area contributed by atoms with E-state index in [1.165, 1.54) is 18.5 Å². The van der Waals surface area contributed by atoms with Crippen LogP contribution < -0.4 is 14.8 Å². The molecule has 1 aliphatic heterocycles. The highest BCUT2D eigenvalue weighted by Crippen LogP contribution is 2.20. The van der Waals surface area contributed by atoms with Gasteiger partial charge in [0.2, 0.25) is 11.8 Å². The van der Waals surface area contributed by atoms with E-state index in [9.17, 15) is 8.78 Å². The number of aromatic nitrogens is 4. The van der Waals surface area contributed by atoms with E-state index in [2.05, 4.69) is 42.2 Å². The molecule has 1 fully saturated rings. The van der Waals surface area contributed by atoms with Crippen molar-refractivity contribution in [3.63, 3.8) is 0 Å². The largest absolute Gasteiger partial charge is 0.472 e. The van der Waals surface area contributed by atoms with Crippen molar-refractivity contribution < 1.29 is 18.3 Å². The SMILES string of the molecule is CN1CCC[C@H](Oc2cncc(Nc3cc(OC(F)F)[nH]n3)n2)C1. The number of ether oxygens (including phenoxy) is 2. The fraction of sp³-hybridized carbons (Fsp3) is 0.500. The van der Waals surface area contributed by atoms with Gasteiger partial charge < -0.3 is 19.7 Å². The van der Waals surface area contributed by atoms with E-state index in [1.807, 2.05) is 0 Å². The van der Waals surface area contributed by atoms with Crippen molar-refractivity contribution in [3.8, 4) is 11.8 Å². The third-order valence-electron chi connectivity index (χ3n) is 3.51. The zero-order valence-corrected chi connectivity index (χ0v) is 13.1. The first-order valence-electron chi connectivity index (χ1n) is 7.53. The van der Waals surface area contributed by atoms with E-state index in [4.69, 9.17) is 4.74 Å². The lowest BCUT2D eigenvalue weighted by molar-refractivity contribution is -0.0528. The summed E-state index contributed by atoms with van der Waals surface area (Å²) >= 11 is 0. The number of anilines is 2. The second-order valence-electron chi connectivity index (χ2n) is 5.51. The van der Waals surface area contributed by atoms with Crippen LogP contribution in [-0.4, -0.2) is 57.9 Å². The van der Waals surface area contributed by atoms with E-state index in [-0.39, 0.29) is 17.8 Å². The summed E-state index contributed by atoms with van der Waals surface area (Å²) in [6.45, 7) is -1.01. The average Bonchev–Trinajstić information content (AvgIpc) is 2.94. The fourth-order valence-electron chi connectivity index (χ4n) is 2.51. The summed E-state index contributed by atoms with van der Waals surface area (Å²) in [5, 5.41) is 9.01. The molecule has 10 heteroatoms. The molecule has 3 rings (SSSR count). The number of halogens is 2. The van der Waals surface area contributed by atoms with Crippen LogP contribution in [0.2, 0.25) is 0 Å². The van der Waals surface area contributed by atoms with Gasteiger partial charge in [-0.1, -0.05) is 0 Å². The average molecular weight is 340 g/mol. The molecule has 1 atom stereocenters. The Kier molecular flexibility index (Phi) is 5.04. The van der Waals surface area contributed by atoms with Crippen LogP contribution in [0.3, 0.4) is 0 Å². The number of H-pyrrole nitrogens is 1. The summed E-state index contributed by atoms with van der Waals surface area (Å²) in [5.41, 5.74) is 0. The minimum Gasteiger partial charge on any atom is -0.472 e. The first kappa shape index (κ1) is 16.4. The highest BCUT2D eigenvalue weighted by molar-refractivity contribution is 5.51. The second kappa shape index (κ2) is 7.39. The molecule has 130 valence electrons. The van der Waals surface area contributed by atoms with Gasteiger partial charge in [-0.3, -0.25) is 4.98 Å². The standard InChI is InChI=1S/C14H18F2N6O2/c1-22-4-2-3-9(8-22)23-13-7-17-6-11(19-13)18-10-5-12(21-20-10)24-14(15)16/h5-7,9,14H,2-4,8H2,1H3,(H2,18,19,20,21)/t9-/m0/s1. The van der Waals surface area contributed by atoms with E-state index in [1.54, 1.807) is 0 Å². The molecule has 2 N–H and O–H groups in total. The first-order chi connectivity index (χ1) is 11.6. The minimum atomic E-state index is -2.91. The molecule has 0 unspecified atom stereocenters. The number of nitrogens with zero attached hydrogens (tertiary/aromatic N) is 4. The number of hydrogen-bond acceptors (Lipinski definition) is 7. The fourth-order valence-corrected chi connectivity index (χ4v) is 2.51. The van der Waals surface area contributed by atoms with Gasteiger partial charge in [0.15, 0.2) is 11.6 Å². The quantitative estimate of drug-likeness (QED) is 0.831. The van der Waals surface area contributed by atoms with Gasteiger partial charge in [-0.2, -0.15) is 18.9 Å². The number of piperidine rings is 1. The van der Waals surface area contributed by atoms with Crippen LogP contribution in [0.4, 0.5) is 20.4 Å². The smallest absolute Gasteiger partial charge is 0.388 e.